The van der Waals surface area contributed by atoms with E-state index in [1.807, 2.05) is 0 Å². The van der Waals surface area contributed by atoms with Crippen LogP contribution in [0.25, 0.3) is 0 Å². The van der Waals surface area contributed by atoms with Gasteiger partial charge in [0.25, 0.3) is 0 Å². The standard InChI is InChI=1S/C8H6BF6O2/c10-8(11,12)17-7-4-2-1-3-6(7)16-5-9(13,14)15/h1-4H,5H2/q-1. The molecule has 0 fully saturated rings. The average Bonchev–Trinajstić information content (AvgIpc) is 2.12. The summed E-state index contributed by atoms with van der Waals surface area (Å²) in [5.74, 6) is -1.41. The summed E-state index contributed by atoms with van der Waals surface area (Å²) >= 11 is 0. The third kappa shape index (κ3) is 5.37. The normalized spacial score (nSPS) is 12.4. The van der Waals surface area contributed by atoms with Gasteiger partial charge in [0.1, 0.15) is 0 Å². The van der Waals surface area contributed by atoms with Crippen molar-refractivity contribution < 1.29 is 35.6 Å². The van der Waals surface area contributed by atoms with Crippen LogP contribution in [0.1, 0.15) is 0 Å². The SMILES string of the molecule is F[B-](F)(F)COc1ccccc1OC(F)(F)F. The quantitative estimate of drug-likeness (QED) is 0.609. The summed E-state index contributed by atoms with van der Waals surface area (Å²) in [5, 5.41) is 0. The monoisotopic (exact) mass is 259 g/mol. The lowest BCUT2D eigenvalue weighted by atomic mass is 9.95. The van der Waals surface area contributed by atoms with Gasteiger partial charge in [-0.15, -0.1) is 13.2 Å². The van der Waals surface area contributed by atoms with Crippen molar-refractivity contribution in [3.63, 3.8) is 0 Å². The molecule has 2 nitrogen and oxygen atoms in total. The van der Waals surface area contributed by atoms with Crippen molar-refractivity contribution in [2.75, 3.05) is 6.51 Å². The molecule has 1 rings (SSSR count). The second kappa shape index (κ2) is 4.76. The van der Waals surface area contributed by atoms with Crippen LogP contribution in [0, 0.1) is 0 Å². The summed E-state index contributed by atoms with van der Waals surface area (Å²) < 4.78 is 79.1. The molecule has 0 aliphatic heterocycles. The molecule has 0 saturated heterocycles. The van der Waals surface area contributed by atoms with Gasteiger partial charge in [-0.3, -0.25) is 0 Å². The number of rotatable bonds is 4. The highest BCUT2D eigenvalue weighted by Gasteiger charge is 2.33. The summed E-state index contributed by atoms with van der Waals surface area (Å²) in [6.45, 7) is -6.87. The minimum absolute atomic E-state index is 0.607. The lowest BCUT2D eigenvalue weighted by Crippen LogP contribution is -2.26. The van der Waals surface area contributed by atoms with E-state index < -0.39 is 31.3 Å². The van der Waals surface area contributed by atoms with E-state index in [4.69, 9.17) is 0 Å². The molecular formula is C8H6BF6O2-. The van der Waals surface area contributed by atoms with Crippen molar-refractivity contribution in [3.05, 3.63) is 24.3 Å². The van der Waals surface area contributed by atoms with E-state index >= 15 is 0 Å². The molecule has 0 aliphatic rings. The van der Waals surface area contributed by atoms with Crippen molar-refractivity contribution in [1.82, 2.24) is 0 Å². The van der Waals surface area contributed by atoms with Crippen LogP contribution in [0.5, 0.6) is 11.5 Å². The smallest absolute Gasteiger partial charge is 0.519 e. The number of alkyl halides is 3. The Balaban J connectivity index is 2.78. The second-order valence-corrected chi connectivity index (χ2v) is 3.02. The molecule has 0 bridgehead atoms. The Kier molecular flexibility index (Phi) is 3.79. The Morgan fingerprint density at radius 2 is 1.53 bits per heavy atom. The van der Waals surface area contributed by atoms with Crippen LogP contribution in [0.4, 0.5) is 26.1 Å². The molecule has 96 valence electrons. The molecule has 0 amide bonds. The maximum Gasteiger partial charge on any atom is 0.573 e. The van der Waals surface area contributed by atoms with Gasteiger partial charge in [-0.05, 0) is 12.1 Å². The van der Waals surface area contributed by atoms with Gasteiger partial charge in [-0.25, -0.2) is 0 Å². The van der Waals surface area contributed by atoms with Crippen LogP contribution in [0.15, 0.2) is 24.3 Å². The second-order valence-electron chi connectivity index (χ2n) is 3.02. The molecule has 0 saturated carbocycles. The van der Waals surface area contributed by atoms with E-state index in [1.54, 1.807) is 0 Å². The van der Waals surface area contributed by atoms with E-state index in [2.05, 4.69) is 9.47 Å². The fraction of sp³-hybridized carbons (Fsp3) is 0.250. The molecule has 0 unspecified atom stereocenters. The Morgan fingerprint density at radius 3 is 2.00 bits per heavy atom. The minimum Gasteiger partial charge on any atom is -0.519 e. The molecule has 17 heavy (non-hydrogen) atoms. The van der Waals surface area contributed by atoms with Gasteiger partial charge < -0.3 is 22.4 Å². The molecule has 9 heteroatoms. The van der Waals surface area contributed by atoms with E-state index in [0.29, 0.717) is 0 Å². The molecule has 0 aliphatic carbocycles. The van der Waals surface area contributed by atoms with Crippen LogP contribution in [0.3, 0.4) is 0 Å². The van der Waals surface area contributed by atoms with Crippen molar-refractivity contribution >= 4 is 6.98 Å². The van der Waals surface area contributed by atoms with E-state index in [1.165, 1.54) is 12.1 Å². The van der Waals surface area contributed by atoms with E-state index in [0.717, 1.165) is 12.1 Å². The zero-order chi connectivity index (χ0) is 13.1. The Morgan fingerprint density at radius 1 is 1.00 bits per heavy atom. The molecule has 0 spiro atoms. The summed E-state index contributed by atoms with van der Waals surface area (Å²) in [5.41, 5.74) is 0. The third-order valence-electron chi connectivity index (χ3n) is 1.50. The van der Waals surface area contributed by atoms with Gasteiger partial charge in [0.2, 0.25) is 0 Å². The van der Waals surface area contributed by atoms with Crippen LogP contribution in [-0.2, 0) is 0 Å². The van der Waals surface area contributed by atoms with E-state index in [-0.39, 0.29) is 0 Å². The molecule has 0 aromatic heterocycles. The Hall–Kier alpha value is -1.54. The predicted molar refractivity (Wildman–Crippen MR) is 47.7 cm³/mol. The largest absolute Gasteiger partial charge is 0.573 e. The maximum absolute atomic E-state index is 11.9. The van der Waals surface area contributed by atoms with Crippen molar-refractivity contribution in [2.24, 2.45) is 0 Å². The number of hydrogen-bond acceptors (Lipinski definition) is 2. The Labute approximate surface area is 92.2 Å². The zero-order valence-electron chi connectivity index (χ0n) is 8.18. The number of para-hydroxylation sites is 2. The first-order valence-electron chi connectivity index (χ1n) is 4.36. The third-order valence-corrected chi connectivity index (χ3v) is 1.50. The summed E-state index contributed by atoms with van der Waals surface area (Å²) in [6.07, 6.45) is -4.98. The first-order chi connectivity index (χ1) is 7.67. The number of hydrogen-bond donors (Lipinski definition) is 0. The average molecular weight is 259 g/mol. The highest BCUT2D eigenvalue weighted by molar-refractivity contribution is 6.58. The number of halogens is 6. The predicted octanol–water partition coefficient (Wildman–Crippen LogP) is 3.35. The van der Waals surface area contributed by atoms with Gasteiger partial charge in [0, 0.05) is 0 Å². The first kappa shape index (κ1) is 13.5. The van der Waals surface area contributed by atoms with Crippen molar-refractivity contribution in [2.45, 2.75) is 6.36 Å². The van der Waals surface area contributed by atoms with Crippen LogP contribution < -0.4 is 9.47 Å². The lowest BCUT2D eigenvalue weighted by molar-refractivity contribution is -0.275. The van der Waals surface area contributed by atoms with Crippen molar-refractivity contribution in [3.8, 4) is 11.5 Å². The first-order valence-corrected chi connectivity index (χ1v) is 4.36. The molecule has 0 atom stereocenters. The summed E-state index contributed by atoms with van der Waals surface area (Å²) in [4.78, 5) is 0. The lowest BCUT2D eigenvalue weighted by Gasteiger charge is -2.18. The van der Waals surface area contributed by atoms with Gasteiger partial charge in [-0.2, -0.15) is 0 Å². The highest BCUT2D eigenvalue weighted by atomic mass is 19.4. The molecule has 0 radical (unpaired) electrons. The summed E-state index contributed by atoms with van der Waals surface area (Å²) in [6, 6.07) is 4.25. The molecule has 0 heterocycles. The summed E-state index contributed by atoms with van der Waals surface area (Å²) in [7, 11) is 0. The topological polar surface area (TPSA) is 18.5 Å². The van der Waals surface area contributed by atoms with Gasteiger partial charge >= 0.3 is 13.3 Å². The van der Waals surface area contributed by atoms with Gasteiger partial charge in [0.05, 0.1) is 6.51 Å². The molecule has 0 N–H and O–H groups in total. The minimum atomic E-state index is -5.24. The van der Waals surface area contributed by atoms with Gasteiger partial charge in [0.15, 0.2) is 11.5 Å². The zero-order valence-corrected chi connectivity index (χ0v) is 8.18. The van der Waals surface area contributed by atoms with E-state index in [9.17, 15) is 26.1 Å². The van der Waals surface area contributed by atoms with Crippen LogP contribution in [-0.4, -0.2) is 19.8 Å². The fourth-order valence-electron chi connectivity index (χ4n) is 0.963. The van der Waals surface area contributed by atoms with Crippen molar-refractivity contribution in [1.29, 1.82) is 0 Å². The van der Waals surface area contributed by atoms with Crippen LogP contribution >= 0.6 is 0 Å². The molecule has 1 aromatic carbocycles. The molecule has 1 aromatic rings. The fourth-order valence-corrected chi connectivity index (χ4v) is 0.963. The maximum atomic E-state index is 11.9. The van der Waals surface area contributed by atoms with Gasteiger partial charge in [-0.1, -0.05) is 12.1 Å². The number of benzene rings is 1. The number of ether oxygens (including phenoxy) is 2. The van der Waals surface area contributed by atoms with Crippen LogP contribution in [0.2, 0.25) is 0 Å². The Bertz CT molecular complexity index is 375. The molecular weight excluding hydrogens is 253 g/mol. The highest BCUT2D eigenvalue weighted by Crippen LogP contribution is 2.32.